The lowest BCUT2D eigenvalue weighted by Gasteiger charge is -2.35. The second-order valence-corrected chi connectivity index (χ2v) is 5.38. The molecule has 1 saturated carbocycles. The highest BCUT2D eigenvalue weighted by atomic mass is 16.7. The molecule has 1 amide bonds. The van der Waals surface area contributed by atoms with Crippen LogP contribution in [-0.4, -0.2) is 31.7 Å². The molecule has 0 aromatic heterocycles. The number of nitrogens with zero attached hydrogens (tertiary/aromatic N) is 1. The van der Waals surface area contributed by atoms with Crippen molar-refractivity contribution >= 4 is 6.41 Å². The number of rotatable bonds is 7. The Kier molecular flexibility index (Phi) is 8.71. The summed E-state index contributed by atoms with van der Waals surface area (Å²) in [7, 11) is 2.95. The highest BCUT2D eigenvalue weighted by Gasteiger charge is 2.28. The number of hydrogen-bond donors (Lipinski definition) is 0. The average Bonchev–Trinajstić information content (AvgIpc) is 2.50. The summed E-state index contributed by atoms with van der Waals surface area (Å²) in [6, 6.07) is 10.4. The molecule has 0 spiro atoms. The number of hydroxylamine groups is 2. The summed E-state index contributed by atoms with van der Waals surface area (Å²) in [5.74, 6) is 0.941. The summed E-state index contributed by atoms with van der Waals surface area (Å²) in [6.07, 6.45) is 6.37. The Balaban J connectivity index is 0.000000315. The molecule has 1 aromatic carbocycles. The first-order valence-electron chi connectivity index (χ1n) is 7.57. The zero-order chi connectivity index (χ0) is 15.5. The van der Waals surface area contributed by atoms with Crippen molar-refractivity contribution in [2.24, 2.45) is 5.92 Å². The van der Waals surface area contributed by atoms with Crippen molar-refractivity contribution in [2.75, 3.05) is 14.2 Å². The summed E-state index contributed by atoms with van der Waals surface area (Å²) in [5, 5.41) is 1.07. The standard InChI is InChI=1S/C14H20O.C3H7NO2/c1-2-6-13-9-14(10-13)15-11-12-7-4-3-5-8-12;1-4(3-5)6-2/h3-5,7-8,13-14H,2,6,9-11H2,1H3;3H,1-2H3. The molecule has 1 aliphatic carbocycles. The molecule has 0 aliphatic heterocycles. The van der Waals surface area contributed by atoms with Gasteiger partial charge in [-0.15, -0.1) is 0 Å². The third-order valence-corrected chi connectivity index (χ3v) is 3.65. The maximum absolute atomic E-state index is 9.54. The Morgan fingerprint density at radius 3 is 2.43 bits per heavy atom. The van der Waals surface area contributed by atoms with Gasteiger partial charge in [0, 0.05) is 7.05 Å². The van der Waals surface area contributed by atoms with Crippen LogP contribution in [0.2, 0.25) is 0 Å². The number of ether oxygens (including phenoxy) is 1. The molecule has 4 nitrogen and oxygen atoms in total. The van der Waals surface area contributed by atoms with E-state index in [1.54, 1.807) is 0 Å². The largest absolute Gasteiger partial charge is 0.374 e. The van der Waals surface area contributed by atoms with Gasteiger partial charge in [-0.2, -0.15) is 0 Å². The zero-order valence-electron chi connectivity index (χ0n) is 13.3. The van der Waals surface area contributed by atoms with Gasteiger partial charge in [0.05, 0.1) is 19.8 Å². The number of carbonyl (C=O) groups excluding carboxylic acids is 1. The third kappa shape index (κ3) is 7.25. The van der Waals surface area contributed by atoms with E-state index in [0.717, 1.165) is 17.6 Å². The lowest BCUT2D eigenvalue weighted by Crippen LogP contribution is -2.31. The Hall–Kier alpha value is -1.39. The monoisotopic (exact) mass is 293 g/mol. The first kappa shape index (κ1) is 17.7. The quantitative estimate of drug-likeness (QED) is 0.571. The molecule has 118 valence electrons. The van der Waals surface area contributed by atoms with E-state index < -0.39 is 0 Å². The van der Waals surface area contributed by atoms with E-state index in [9.17, 15) is 4.79 Å². The summed E-state index contributed by atoms with van der Waals surface area (Å²) < 4.78 is 5.84. The topological polar surface area (TPSA) is 38.8 Å². The molecule has 0 heterocycles. The van der Waals surface area contributed by atoms with Gasteiger partial charge in [0.15, 0.2) is 0 Å². The van der Waals surface area contributed by atoms with Crippen molar-refractivity contribution in [3.05, 3.63) is 35.9 Å². The number of hydrogen-bond acceptors (Lipinski definition) is 3. The van der Waals surface area contributed by atoms with Crippen molar-refractivity contribution in [3.8, 4) is 0 Å². The lowest BCUT2D eigenvalue weighted by molar-refractivity contribution is -0.153. The maximum atomic E-state index is 9.54. The Bertz CT molecular complexity index is 377. The lowest BCUT2D eigenvalue weighted by atomic mass is 9.79. The van der Waals surface area contributed by atoms with Gasteiger partial charge in [0.25, 0.3) is 0 Å². The molecule has 0 N–H and O–H groups in total. The van der Waals surface area contributed by atoms with Crippen molar-refractivity contribution in [1.82, 2.24) is 5.06 Å². The minimum Gasteiger partial charge on any atom is -0.374 e. The Morgan fingerprint density at radius 2 is 1.95 bits per heavy atom. The van der Waals surface area contributed by atoms with E-state index in [0.29, 0.717) is 12.5 Å². The summed E-state index contributed by atoms with van der Waals surface area (Å²) >= 11 is 0. The van der Waals surface area contributed by atoms with Crippen LogP contribution in [-0.2, 0) is 21.0 Å². The molecule has 1 aliphatic rings. The van der Waals surface area contributed by atoms with Gasteiger partial charge in [-0.1, -0.05) is 50.1 Å². The number of amides is 1. The van der Waals surface area contributed by atoms with Crippen LogP contribution < -0.4 is 0 Å². The van der Waals surface area contributed by atoms with Crippen molar-refractivity contribution in [1.29, 1.82) is 0 Å². The van der Waals surface area contributed by atoms with Gasteiger partial charge in [0.2, 0.25) is 6.41 Å². The van der Waals surface area contributed by atoms with Crippen LogP contribution in [0.4, 0.5) is 0 Å². The fourth-order valence-corrected chi connectivity index (χ4v) is 2.29. The molecule has 0 unspecified atom stereocenters. The minimum absolute atomic E-state index is 0.529. The fourth-order valence-electron chi connectivity index (χ4n) is 2.29. The van der Waals surface area contributed by atoms with Gasteiger partial charge in [-0.25, -0.2) is 5.06 Å². The molecule has 0 bridgehead atoms. The van der Waals surface area contributed by atoms with Crippen LogP contribution in [0.5, 0.6) is 0 Å². The summed E-state index contributed by atoms with van der Waals surface area (Å²) in [6.45, 7) is 3.04. The first-order valence-corrected chi connectivity index (χ1v) is 7.57. The SMILES string of the molecule is CCCC1CC(OCc2ccccc2)C1.CON(C)C=O. The maximum Gasteiger partial charge on any atom is 0.233 e. The van der Waals surface area contributed by atoms with E-state index in [1.807, 2.05) is 6.07 Å². The predicted molar refractivity (Wildman–Crippen MR) is 83.5 cm³/mol. The Labute approximate surface area is 128 Å². The molecule has 2 rings (SSSR count). The summed E-state index contributed by atoms with van der Waals surface area (Å²) in [4.78, 5) is 13.9. The highest BCUT2D eigenvalue weighted by molar-refractivity contribution is 5.44. The van der Waals surface area contributed by atoms with E-state index >= 15 is 0 Å². The van der Waals surface area contributed by atoms with E-state index in [2.05, 4.69) is 36.0 Å². The van der Waals surface area contributed by atoms with Gasteiger partial charge in [-0.3, -0.25) is 9.63 Å². The van der Waals surface area contributed by atoms with E-state index in [-0.39, 0.29) is 0 Å². The molecule has 1 aromatic rings. The second-order valence-electron chi connectivity index (χ2n) is 5.38. The smallest absolute Gasteiger partial charge is 0.233 e. The van der Waals surface area contributed by atoms with Crippen LogP contribution in [0.1, 0.15) is 38.2 Å². The van der Waals surface area contributed by atoms with Gasteiger partial charge >= 0.3 is 0 Å². The van der Waals surface area contributed by atoms with Crippen molar-refractivity contribution < 1.29 is 14.4 Å². The van der Waals surface area contributed by atoms with Gasteiger partial charge < -0.3 is 4.74 Å². The molecular weight excluding hydrogens is 266 g/mol. The minimum atomic E-state index is 0.529. The number of carbonyl (C=O) groups is 1. The fraction of sp³-hybridized carbons (Fsp3) is 0.588. The Morgan fingerprint density at radius 1 is 1.29 bits per heavy atom. The molecule has 1 fully saturated rings. The third-order valence-electron chi connectivity index (χ3n) is 3.65. The van der Waals surface area contributed by atoms with Crippen LogP contribution >= 0.6 is 0 Å². The van der Waals surface area contributed by atoms with Crippen LogP contribution in [0.3, 0.4) is 0 Å². The van der Waals surface area contributed by atoms with E-state index in [4.69, 9.17) is 4.74 Å². The van der Waals surface area contributed by atoms with Crippen molar-refractivity contribution in [2.45, 2.75) is 45.3 Å². The zero-order valence-corrected chi connectivity index (χ0v) is 13.3. The normalized spacial score (nSPS) is 20.0. The summed E-state index contributed by atoms with van der Waals surface area (Å²) in [5.41, 5.74) is 1.29. The molecule has 0 atom stereocenters. The predicted octanol–water partition coefficient (Wildman–Crippen LogP) is 3.42. The number of benzene rings is 1. The van der Waals surface area contributed by atoms with E-state index in [1.165, 1.54) is 45.4 Å². The molecule has 0 saturated heterocycles. The van der Waals surface area contributed by atoms with Crippen molar-refractivity contribution in [3.63, 3.8) is 0 Å². The highest BCUT2D eigenvalue weighted by Crippen LogP contribution is 2.33. The molecule has 21 heavy (non-hydrogen) atoms. The molecule has 0 radical (unpaired) electrons. The van der Waals surface area contributed by atoms with Gasteiger partial charge in [-0.05, 0) is 24.3 Å². The molecular formula is C17H27NO3. The van der Waals surface area contributed by atoms with Gasteiger partial charge in [0.1, 0.15) is 0 Å². The average molecular weight is 293 g/mol. The van der Waals surface area contributed by atoms with Crippen LogP contribution in [0, 0.1) is 5.92 Å². The van der Waals surface area contributed by atoms with Crippen LogP contribution in [0.15, 0.2) is 30.3 Å². The second kappa shape index (κ2) is 10.4. The molecule has 4 heteroatoms. The first-order chi connectivity index (χ1) is 10.2. The van der Waals surface area contributed by atoms with Crippen LogP contribution in [0.25, 0.3) is 0 Å².